The molecule has 0 saturated heterocycles. The lowest BCUT2D eigenvalue weighted by Crippen LogP contribution is -2.16. The quantitative estimate of drug-likeness (QED) is 0.153. The number of carbonyl (C=O) groups is 2. The molecule has 0 atom stereocenters. The summed E-state index contributed by atoms with van der Waals surface area (Å²) in [6.07, 6.45) is 3.18. The Kier molecular flexibility index (Phi) is 10.4. The van der Waals surface area contributed by atoms with Crippen molar-refractivity contribution in [3.63, 3.8) is 0 Å². The zero-order valence-electron chi connectivity index (χ0n) is 25.4. The van der Waals surface area contributed by atoms with Crippen molar-refractivity contribution in [1.82, 2.24) is 29.9 Å². The van der Waals surface area contributed by atoms with Crippen LogP contribution in [0.3, 0.4) is 0 Å². The van der Waals surface area contributed by atoms with Crippen molar-refractivity contribution in [3.8, 4) is 22.8 Å². The molecule has 0 spiro atoms. The van der Waals surface area contributed by atoms with E-state index in [1.165, 1.54) is 28.9 Å². The van der Waals surface area contributed by atoms with E-state index in [0.717, 1.165) is 29.8 Å². The maximum atomic E-state index is 14.2. The Morgan fingerprint density at radius 3 is 1.67 bits per heavy atom. The van der Waals surface area contributed by atoms with Gasteiger partial charge >= 0.3 is 0 Å². The summed E-state index contributed by atoms with van der Waals surface area (Å²) in [5.41, 5.74) is 10.8. The lowest BCUT2D eigenvalue weighted by atomic mass is 10.2. The Balaban J connectivity index is 0.000000179. The molecule has 0 unspecified atom stereocenters. The van der Waals surface area contributed by atoms with Crippen LogP contribution in [-0.4, -0.2) is 41.7 Å². The average molecular weight is 800 g/mol. The molecule has 0 saturated carbocycles. The lowest BCUT2D eigenvalue weighted by molar-refractivity contribution is 0.0982. The zero-order chi connectivity index (χ0) is 36.2. The first-order chi connectivity index (χ1) is 24.5. The summed E-state index contributed by atoms with van der Waals surface area (Å²) in [6.45, 7) is -0.175. The molecule has 4 aromatic heterocycles. The number of amides is 2. The molecule has 0 aliphatic rings. The van der Waals surface area contributed by atoms with E-state index >= 15 is 0 Å². The summed E-state index contributed by atoms with van der Waals surface area (Å²) in [7, 11) is 0. The second-order valence-corrected chi connectivity index (χ2v) is 13.0. The molecule has 0 fully saturated rings. The fourth-order valence-corrected chi connectivity index (χ4v) is 6.19. The number of benzene rings is 3. The van der Waals surface area contributed by atoms with Crippen molar-refractivity contribution in [3.05, 3.63) is 116 Å². The molecule has 12 nitrogen and oxygen atoms in total. The van der Waals surface area contributed by atoms with Crippen LogP contribution in [0.4, 0.5) is 17.6 Å². The molecule has 4 N–H and O–H groups in total. The van der Waals surface area contributed by atoms with Gasteiger partial charge < -0.3 is 20.9 Å². The van der Waals surface area contributed by atoms with Crippen LogP contribution in [0.2, 0.25) is 0 Å². The van der Waals surface area contributed by atoms with Crippen molar-refractivity contribution in [2.24, 2.45) is 11.5 Å². The molecule has 7 aromatic rings. The van der Waals surface area contributed by atoms with E-state index in [1.807, 2.05) is 30.3 Å². The van der Waals surface area contributed by atoms with Crippen molar-refractivity contribution >= 4 is 71.4 Å². The fourth-order valence-electron chi connectivity index (χ4n) is 4.40. The van der Waals surface area contributed by atoms with Crippen molar-refractivity contribution in [2.45, 2.75) is 13.2 Å². The molecule has 2 amide bonds. The van der Waals surface area contributed by atoms with Gasteiger partial charge in [0.25, 0.3) is 11.8 Å². The van der Waals surface area contributed by atoms with E-state index in [4.69, 9.17) is 20.9 Å². The number of halogens is 5. The van der Waals surface area contributed by atoms with Crippen molar-refractivity contribution < 1.29 is 36.6 Å². The normalized spacial score (nSPS) is 10.9. The number of rotatable bonds is 9. The van der Waals surface area contributed by atoms with E-state index in [1.54, 1.807) is 6.20 Å². The number of aromatic nitrogens is 6. The number of nitrogens with zero attached hydrogens (tertiary/aromatic N) is 6. The fraction of sp³-hybridized carbons (Fsp3) is 0.0625. The Labute approximate surface area is 300 Å². The van der Waals surface area contributed by atoms with E-state index in [-0.39, 0.29) is 24.7 Å². The standard InChI is InChI=1S/C19H12F2N4O2S.C13H7BrF2N4O2S/c20-11-6-7-13(16(21)15(11)17(22)26)27-9-14-25-18-19(28-14)23-8-12(24-18)10-4-2-1-3-5-10;14-7-3-18-13-12(19-7)20-8(23-13)4-22-6-2-1-5(15)9(10(6)16)11(17)21/h1-8H,9H2,(H2,22,26);1-3H,4H2,(H2,17,21). The molecule has 19 heteroatoms. The molecule has 258 valence electrons. The second kappa shape index (κ2) is 15.1. The average Bonchev–Trinajstić information content (AvgIpc) is 3.70. The van der Waals surface area contributed by atoms with Gasteiger partial charge in [-0.2, -0.15) is 0 Å². The number of fused-ring (bicyclic) bond motifs is 2. The predicted molar refractivity (Wildman–Crippen MR) is 182 cm³/mol. The summed E-state index contributed by atoms with van der Waals surface area (Å²) in [5.74, 6) is -7.36. The van der Waals surface area contributed by atoms with E-state index in [9.17, 15) is 27.2 Å². The summed E-state index contributed by atoms with van der Waals surface area (Å²) in [6, 6.07) is 13.6. The van der Waals surface area contributed by atoms with Gasteiger partial charge in [-0.05, 0) is 40.2 Å². The summed E-state index contributed by atoms with van der Waals surface area (Å²) < 4.78 is 66.3. The molecule has 4 heterocycles. The SMILES string of the molecule is NC(=O)c1c(F)ccc(OCc2nc3nc(-c4ccccc4)cnc3s2)c1F.NC(=O)c1c(F)ccc(OCc2nc3nc(Br)cnc3s2)c1F. The predicted octanol–water partition coefficient (Wildman–Crippen LogP) is 6.51. The third-order valence-electron chi connectivity index (χ3n) is 6.68. The molecule has 0 radical (unpaired) electrons. The Hall–Kier alpha value is -5.66. The highest BCUT2D eigenvalue weighted by Crippen LogP contribution is 2.28. The number of primary amides is 2. The van der Waals surface area contributed by atoms with Crippen LogP contribution in [0, 0.1) is 23.3 Å². The van der Waals surface area contributed by atoms with E-state index < -0.39 is 46.2 Å². The van der Waals surface area contributed by atoms with Gasteiger partial charge in [0, 0.05) is 5.56 Å². The lowest BCUT2D eigenvalue weighted by Gasteiger charge is -2.08. The Morgan fingerprint density at radius 2 is 1.16 bits per heavy atom. The second-order valence-electron chi connectivity index (χ2n) is 10.1. The number of hydrogen-bond donors (Lipinski definition) is 2. The number of hydrogen-bond acceptors (Lipinski definition) is 12. The molecule has 0 aliphatic carbocycles. The Bertz CT molecular complexity index is 2430. The zero-order valence-corrected chi connectivity index (χ0v) is 28.7. The van der Waals surface area contributed by atoms with Crippen LogP contribution in [-0.2, 0) is 13.2 Å². The minimum absolute atomic E-state index is 0.0823. The highest BCUT2D eigenvalue weighted by Gasteiger charge is 2.21. The van der Waals surface area contributed by atoms with Gasteiger partial charge in [0.1, 0.15) is 50.6 Å². The van der Waals surface area contributed by atoms with Crippen molar-refractivity contribution in [1.29, 1.82) is 0 Å². The molecule has 51 heavy (non-hydrogen) atoms. The van der Waals surface area contributed by atoms with Gasteiger partial charge in [0.05, 0.1) is 18.1 Å². The smallest absolute Gasteiger partial charge is 0.254 e. The monoisotopic (exact) mass is 798 g/mol. The first kappa shape index (κ1) is 35.2. The first-order valence-electron chi connectivity index (χ1n) is 14.3. The maximum Gasteiger partial charge on any atom is 0.254 e. The van der Waals surface area contributed by atoms with Crippen LogP contribution in [0.1, 0.15) is 30.7 Å². The van der Waals surface area contributed by atoms with Gasteiger partial charge in [0.15, 0.2) is 44.1 Å². The van der Waals surface area contributed by atoms with Crippen LogP contribution >= 0.6 is 38.6 Å². The van der Waals surface area contributed by atoms with Gasteiger partial charge in [-0.3, -0.25) is 9.59 Å². The molecule has 0 bridgehead atoms. The molecule has 3 aromatic carbocycles. The summed E-state index contributed by atoms with van der Waals surface area (Å²) in [5, 5.41) is 1.01. The molecular formula is C32H19BrF4N8O4S2. The van der Waals surface area contributed by atoms with Crippen LogP contribution < -0.4 is 20.9 Å². The maximum absolute atomic E-state index is 14.2. The van der Waals surface area contributed by atoms with E-state index in [0.29, 0.717) is 41.3 Å². The van der Waals surface area contributed by atoms with E-state index in [2.05, 4.69) is 45.8 Å². The highest BCUT2D eigenvalue weighted by molar-refractivity contribution is 9.10. The third kappa shape index (κ3) is 7.89. The number of carbonyl (C=O) groups excluding carboxylic acids is 2. The molecular weight excluding hydrogens is 780 g/mol. The minimum Gasteiger partial charge on any atom is -0.483 e. The van der Waals surface area contributed by atoms with Gasteiger partial charge in [-0.15, -0.1) is 0 Å². The summed E-state index contributed by atoms with van der Waals surface area (Å²) >= 11 is 5.65. The number of thiazole rings is 2. The summed E-state index contributed by atoms with van der Waals surface area (Å²) in [4.78, 5) is 49.1. The van der Waals surface area contributed by atoms with Crippen molar-refractivity contribution in [2.75, 3.05) is 0 Å². The van der Waals surface area contributed by atoms with Gasteiger partial charge in [0.2, 0.25) is 0 Å². The molecule has 7 rings (SSSR count). The van der Waals surface area contributed by atoms with Crippen LogP contribution in [0.25, 0.3) is 32.2 Å². The van der Waals surface area contributed by atoms with Crippen LogP contribution in [0.15, 0.2) is 71.6 Å². The third-order valence-corrected chi connectivity index (χ3v) is 8.91. The molecule has 0 aliphatic heterocycles. The van der Waals surface area contributed by atoms with Gasteiger partial charge in [-0.1, -0.05) is 53.0 Å². The minimum atomic E-state index is -1.21. The first-order valence-corrected chi connectivity index (χ1v) is 16.7. The largest absolute Gasteiger partial charge is 0.483 e. The number of nitrogens with two attached hydrogens (primary N) is 2. The number of ether oxygens (including phenoxy) is 2. The Morgan fingerprint density at radius 1 is 0.667 bits per heavy atom. The van der Waals surface area contributed by atoms with Gasteiger partial charge in [-0.25, -0.2) is 47.5 Å². The van der Waals surface area contributed by atoms with Crippen LogP contribution in [0.5, 0.6) is 11.5 Å². The highest BCUT2D eigenvalue weighted by atomic mass is 79.9. The topological polar surface area (TPSA) is 182 Å².